The van der Waals surface area contributed by atoms with Gasteiger partial charge in [0.25, 0.3) is 0 Å². The highest BCUT2D eigenvalue weighted by atomic mass is 16.6. The van der Waals surface area contributed by atoms with Crippen molar-refractivity contribution < 1.29 is 24.5 Å². The zero-order valence-electron chi connectivity index (χ0n) is 8.68. The van der Waals surface area contributed by atoms with Crippen molar-refractivity contribution in [2.75, 3.05) is 13.2 Å². The standard InChI is InChI=1S/C6H10O3.C4H6O2/c7-4-3-9-5-1-2-8-6(4)5;1-3(2)4(5)6/h4-7H,1-3H2;1H2,2H3,(H,5,6). The third kappa shape index (κ3) is 3.30. The largest absolute Gasteiger partial charge is 0.478 e. The molecule has 0 aromatic carbocycles. The molecule has 2 heterocycles. The van der Waals surface area contributed by atoms with Gasteiger partial charge in [-0.2, -0.15) is 0 Å². The minimum absolute atomic E-state index is 0.0231. The first-order valence-electron chi connectivity index (χ1n) is 4.82. The number of hydrogen-bond donors (Lipinski definition) is 2. The molecule has 2 aliphatic heterocycles. The Labute approximate surface area is 88.3 Å². The van der Waals surface area contributed by atoms with Crippen LogP contribution in [0.4, 0.5) is 0 Å². The Morgan fingerprint density at radius 2 is 2.07 bits per heavy atom. The van der Waals surface area contributed by atoms with Gasteiger partial charge in [-0.1, -0.05) is 6.58 Å². The number of hydrogen-bond acceptors (Lipinski definition) is 4. The smallest absolute Gasteiger partial charge is 0.330 e. The Morgan fingerprint density at radius 3 is 2.53 bits per heavy atom. The van der Waals surface area contributed by atoms with Gasteiger partial charge in [-0.25, -0.2) is 4.79 Å². The molecule has 0 aromatic heterocycles. The van der Waals surface area contributed by atoms with Gasteiger partial charge in [0.2, 0.25) is 0 Å². The predicted octanol–water partition coefficient (Wildman–Crippen LogP) is 0.182. The molecule has 0 spiro atoms. The molecule has 0 aromatic rings. The summed E-state index contributed by atoms with van der Waals surface area (Å²) >= 11 is 0. The fourth-order valence-electron chi connectivity index (χ4n) is 1.45. The summed E-state index contributed by atoms with van der Waals surface area (Å²) in [5.74, 6) is -0.935. The zero-order chi connectivity index (χ0) is 11.4. The van der Waals surface area contributed by atoms with Crippen molar-refractivity contribution in [3.05, 3.63) is 12.2 Å². The minimum Gasteiger partial charge on any atom is -0.478 e. The normalized spacial score (nSPS) is 32.8. The third-order valence-corrected chi connectivity index (χ3v) is 2.30. The van der Waals surface area contributed by atoms with Gasteiger partial charge in [0.05, 0.1) is 12.7 Å². The van der Waals surface area contributed by atoms with Crippen molar-refractivity contribution in [2.24, 2.45) is 0 Å². The molecule has 15 heavy (non-hydrogen) atoms. The van der Waals surface area contributed by atoms with Gasteiger partial charge in [0.1, 0.15) is 12.2 Å². The fraction of sp³-hybridized carbons (Fsp3) is 0.700. The molecule has 0 amide bonds. The molecule has 5 heteroatoms. The number of aliphatic carboxylic acids is 1. The molecule has 2 rings (SSSR count). The maximum atomic E-state index is 9.60. The lowest BCUT2D eigenvalue weighted by atomic mass is 10.1. The average molecular weight is 216 g/mol. The molecule has 0 saturated carbocycles. The first-order chi connectivity index (χ1) is 7.02. The van der Waals surface area contributed by atoms with E-state index >= 15 is 0 Å². The van der Waals surface area contributed by atoms with Crippen molar-refractivity contribution in [2.45, 2.75) is 31.7 Å². The van der Waals surface area contributed by atoms with E-state index in [2.05, 4.69) is 6.58 Å². The molecule has 3 atom stereocenters. The quantitative estimate of drug-likeness (QED) is 0.611. The molecular formula is C10H16O5. The van der Waals surface area contributed by atoms with Gasteiger partial charge in [0.15, 0.2) is 0 Å². The second-order valence-corrected chi connectivity index (χ2v) is 3.65. The second kappa shape index (κ2) is 5.25. The summed E-state index contributed by atoms with van der Waals surface area (Å²) in [7, 11) is 0. The lowest BCUT2D eigenvalue weighted by Gasteiger charge is -2.08. The van der Waals surface area contributed by atoms with E-state index in [1.165, 1.54) is 6.92 Å². The van der Waals surface area contributed by atoms with Gasteiger partial charge in [0, 0.05) is 12.2 Å². The van der Waals surface area contributed by atoms with Gasteiger partial charge < -0.3 is 19.7 Å². The molecule has 0 bridgehead atoms. The maximum absolute atomic E-state index is 9.60. The van der Waals surface area contributed by atoms with Crippen molar-refractivity contribution >= 4 is 5.97 Å². The fourth-order valence-corrected chi connectivity index (χ4v) is 1.45. The summed E-state index contributed by atoms with van der Waals surface area (Å²) in [6.45, 7) is 5.80. The number of carboxylic acids is 1. The van der Waals surface area contributed by atoms with Gasteiger partial charge in [-0.05, 0) is 13.3 Å². The average Bonchev–Trinajstić information content (AvgIpc) is 2.72. The van der Waals surface area contributed by atoms with E-state index in [4.69, 9.17) is 19.7 Å². The minimum atomic E-state index is -0.935. The van der Waals surface area contributed by atoms with Crippen LogP contribution < -0.4 is 0 Å². The van der Waals surface area contributed by atoms with Gasteiger partial charge in [-0.3, -0.25) is 0 Å². The highest BCUT2D eigenvalue weighted by Gasteiger charge is 2.40. The van der Waals surface area contributed by atoms with Crippen LogP contribution in [0.2, 0.25) is 0 Å². The van der Waals surface area contributed by atoms with Gasteiger partial charge in [-0.15, -0.1) is 0 Å². The number of carboxylic acid groups (broad SMARTS) is 1. The molecule has 2 saturated heterocycles. The Balaban J connectivity index is 0.000000167. The molecular weight excluding hydrogens is 200 g/mol. The number of aliphatic hydroxyl groups excluding tert-OH is 1. The number of carbonyl (C=O) groups is 1. The van der Waals surface area contributed by atoms with E-state index < -0.39 is 5.97 Å². The molecule has 5 nitrogen and oxygen atoms in total. The Bertz CT molecular complexity index is 238. The summed E-state index contributed by atoms with van der Waals surface area (Å²) in [4.78, 5) is 9.60. The summed E-state index contributed by atoms with van der Waals surface area (Å²) < 4.78 is 10.4. The Kier molecular flexibility index (Phi) is 4.26. The maximum Gasteiger partial charge on any atom is 0.330 e. The van der Waals surface area contributed by atoms with E-state index in [0.29, 0.717) is 6.61 Å². The molecule has 3 unspecified atom stereocenters. The van der Waals surface area contributed by atoms with E-state index in [-0.39, 0.29) is 23.9 Å². The van der Waals surface area contributed by atoms with Crippen LogP contribution in [0, 0.1) is 0 Å². The Hall–Kier alpha value is -0.910. The van der Waals surface area contributed by atoms with Crippen molar-refractivity contribution in [3.63, 3.8) is 0 Å². The van der Waals surface area contributed by atoms with Crippen LogP contribution in [0.1, 0.15) is 13.3 Å². The molecule has 0 aliphatic carbocycles. The van der Waals surface area contributed by atoms with E-state index in [0.717, 1.165) is 13.0 Å². The number of aliphatic hydroxyl groups is 1. The van der Waals surface area contributed by atoms with Crippen LogP contribution in [-0.2, 0) is 14.3 Å². The van der Waals surface area contributed by atoms with Crippen LogP contribution in [-0.4, -0.2) is 47.7 Å². The van der Waals surface area contributed by atoms with Crippen LogP contribution in [0.3, 0.4) is 0 Å². The topological polar surface area (TPSA) is 76.0 Å². The summed E-state index contributed by atoms with van der Waals surface area (Å²) in [5, 5.41) is 17.0. The predicted molar refractivity (Wildman–Crippen MR) is 52.6 cm³/mol. The SMILES string of the molecule is C=C(C)C(=O)O.OC1COC2CCOC12. The van der Waals surface area contributed by atoms with E-state index in [9.17, 15) is 4.79 Å². The molecule has 0 radical (unpaired) electrons. The van der Waals surface area contributed by atoms with Crippen molar-refractivity contribution in [1.82, 2.24) is 0 Å². The third-order valence-electron chi connectivity index (χ3n) is 2.30. The molecule has 2 N–H and O–H groups in total. The molecule has 86 valence electrons. The second-order valence-electron chi connectivity index (χ2n) is 3.65. The first-order valence-corrected chi connectivity index (χ1v) is 4.82. The lowest BCUT2D eigenvalue weighted by Crippen LogP contribution is -2.26. The Morgan fingerprint density at radius 1 is 1.47 bits per heavy atom. The van der Waals surface area contributed by atoms with Crippen LogP contribution in [0.25, 0.3) is 0 Å². The number of fused-ring (bicyclic) bond motifs is 1. The highest BCUT2D eigenvalue weighted by molar-refractivity contribution is 5.84. The van der Waals surface area contributed by atoms with Crippen LogP contribution >= 0.6 is 0 Å². The summed E-state index contributed by atoms with van der Waals surface area (Å²) in [5.41, 5.74) is 0.176. The zero-order valence-corrected chi connectivity index (χ0v) is 8.68. The lowest BCUT2D eigenvalue weighted by molar-refractivity contribution is -0.132. The van der Waals surface area contributed by atoms with Gasteiger partial charge >= 0.3 is 5.97 Å². The summed E-state index contributed by atoms with van der Waals surface area (Å²) in [6, 6.07) is 0. The van der Waals surface area contributed by atoms with E-state index in [1.807, 2.05) is 0 Å². The molecule has 2 aliphatic rings. The molecule has 2 fully saturated rings. The monoisotopic (exact) mass is 216 g/mol. The van der Waals surface area contributed by atoms with E-state index in [1.54, 1.807) is 0 Å². The first kappa shape index (κ1) is 12.2. The van der Waals surface area contributed by atoms with Crippen molar-refractivity contribution in [3.8, 4) is 0 Å². The highest BCUT2D eigenvalue weighted by Crippen LogP contribution is 2.25. The number of ether oxygens (including phenoxy) is 2. The van der Waals surface area contributed by atoms with Crippen LogP contribution in [0.15, 0.2) is 12.2 Å². The van der Waals surface area contributed by atoms with Crippen LogP contribution in [0.5, 0.6) is 0 Å². The number of rotatable bonds is 1. The summed E-state index contributed by atoms with van der Waals surface area (Å²) in [6.07, 6.45) is 0.726. The van der Waals surface area contributed by atoms with Crippen molar-refractivity contribution in [1.29, 1.82) is 0 Å².